The van der Waals surface area contributed by atoms with E-state index in [1.165, 1.54) is 98.0 Å². The Balaban J connectivity index is 1.34. The van der Waals surface area contributed by atoms with E-state index in [4.69, 9.17) is 0 Å². The molecule has 0 bridgehead atoms. The Bertz CT molecular complexity index is 2830. The summed E-state index contributed by atoms with van der Waals surface area (Å²) in [6, 6.07) is 67.1. The maximum Gasteiger partial charge on any atom is -0.00199 e. The van der Waals surface area contributed by atoms with Crippen LogP contribution in [0.4, 0.5) is 0 Å². The summed E-state index contributed by atoms with van der Waals surface area (Å²) in [5.74, 6) is 0. The van der Waals surface area contributed by atoms with Crippen molar-refractivity contribution in [2.75, 3.05) is 0 Å². The summed E-state index contributed by atoms with van der Waals surface area (Å²) in [4.78, 5) is 0. The van der Waals surface area contributed by atoms with Crippen LogP contribution in [0, 0.1) is 0 Å². The molecule has 0 aliphatic rings. The summed E-state index contributed by atoms with van der Waals surface area (Å²) < 4.78 is 0. The molecule has 0 radical (unpaired) electrons. The van der Waals surface area contributed by atoms with Crippen LogP contribution in [0.15, 0.2) is 182 Å². The van der Waals surface area contributed by atoms with E-state index in [1.54, 1.807) is 0 Å². The highest BCUT2D eigenvalue weighted by Gasteiger charge is 2.21. The van der Waals surface area contributed by atoms with Gasteiger partial charge in [0.25, 0.3) is 0 Å². The fourth-order valence-corrected chi connectivity index (χ4v) is 8.18. The molecule has 0 aliphatic carbocycles. The Morgan fingerprint density at radius 2 is 0.500 bits per heavy atom. The van der Waals surface area contributed by atoms with Gasteiger partial charge in [-0.15, -0.1) is 0 Å². The normalized spacial score (nSPS) is 11.8. The lowest BCUT2D eigenvalue weighted by molar-refractivity contribution is 1.64. The molecule has 0 unspecified atom stereocenters. The minimum atomic E-state index is 1.25. The number of hydrogen-bond acceptors (Lipinski definition) is 0. The molecule has 0 atom stereocenters. The van der Waals surface area contributed by atoms with Crippen molar-refractivity contribution in [3.8, 4) is 33.4 Å². The number of fused-ring (bicyclic) bond motifs is 8. The molecule has 0 N–H and O–H groups in total. The molecule has 0 saturated heterocycles. The van der Waals surface area contributed by atoms with E-state index in [0.717, 1.165) is 0 Å². The van der Waals surface area contributed by atoms with Crippen LogP contribution in [0.2, 0.25) is 0 Å². The quantitative estimate of drug-likeness (QED) is 0.139. The Morgan fingerprint density at radius 1 is 0.188 bits per heavy atom. The minimum absolute atomic E-state index is 1.25. The van der Waals surface area contributed by atoms with Gasteiger partial charge in [-0.3, -0.25) is 0 Å². The van der Waals surface area contributed by atoms with E-state index in [9.17, 15) is 0 Å². The van der Waals surface area contributed by atoms with Gasteiger partial charge in [0.2, 0.25) is 0 Å². The summed E-state index contributed by atoms with van der Waals surface area (Å²) in [7, 11) is 0. The molecule has 0 heteroatoms. The zero-order chi connectivity index (χ0) is 31.6. The minimum Gasteiger partial charge on any atom is -0.0616 e. The highest BCUT2D eigenvalue weighted by atomic mass is 14.2. The molecule has 0 heterocycles. The Hall–Kier alpha value is -6.24. The highest BCUT2D eigenvalue weighted by Crippen LogP contribution is 2.49. The molecule has 0 aliphatic heterocycles. The smallest absolute Gasteiger partial charge is 0.00199 e. The standard InChI is InChI=1S/C48H30/c1-3-17-33-31(15-1)29-45(37-21-7-5-19-35(33)37)39-23-9-10-24-40(39)47-41-25-11-13-27-43(41)48(44-28-14-12-26-42(44)47)46-30-32-16-2-4-18-34(32)36-20-6-8-22-38(36)46/h1-30H. The summed E-state index contributed by atoms with van der Waals surface area (Å²) >= 11 is 0. The van der Waals surface area contributed by atoms with Crippen LogP contribution < -0.4 is 0 Å². The van der Waals surface area contributed by atoms with Crippen molar-refractivity contribution < 1.29 is 0 Å². The van der Waals surface area contributed by atoms with Crippen molar-refractivity contribution in [2.24, 2.45) is 0 Å². The van der Waals surface area contributed by atoms with Crippen molar-refractivity contribution in [3.63, 3.8) is 0 Å². The van der Waals surface area contributed by atoms with Crippen LogP contribution >= 0.6 is 0 Å². The maximum atomic E-state index is 2.40. The van der Waals surface area contributed by atoms with Gasteiger partial charge in [0.1, 0.15) is 0 Å². The molecule has 0 aromatic heterocycles. The zero-order valence-electron chi connectivity index (χ0n) is 26.3. The van der Waals surface area contributed by atoms with Gasteiger partial charge in [0.15, 0.2) is 0 Å². The lowest BCUT2D eigenvalue weighted by Crippen LogP contribution is -1.94. The third-order valence-corrected chi connectivity index (χ3v) is 10.2. The van der Waals surface area contributed by atoms with Gasteiger partial charge >= 0.3 is 0 Å². The van der Waals surface area contributed by atoms with Gasteiger partial charge in [-0.2, -0.15) is 0 Å². The third-order valence-electron chi connectivity index (χ3n) is 10.2. The zero-order valence-corrected chi connectivity index (χ0v) is 26.3. The van der Waals surface area contributed by atoms with Crippen molar-refractivity contribution >= 4 is 64.6 Å². The van der Waals surface area contributed by atoms with E-state index in [2.05, 4.69) is 182 Å². The first-order valence-electron chi connectivity index (χ1n) is 16.7. The van der Waals surface area contributed by atoms with E-state index in [0.29, 0.717) is 0 Å². The molecule has 222 valence electrons. The molecule has 0 nitrogen and oxygen atoms in total. The van der Waals surface area contributed by atoms with Crippen molar-refractivity contribution in [2.45, 2.75) is 0 Å². The molecule has 10 aromatic carbocycles. The van der Waals surface area contributed by atoms with E-state index < -0.39 is 0 Å². The summed E-state index contributed by atoms with van der Waals surface area (Å²) in [6.45, 7) is 0. The fourth-order valence-electron chi connectivity index (χ4n) is 8.18. The summed E-state index contributed by atoms with van der Waals surface area (Å²) in [6.07, 6.45) is 0. The second-order valence-electron chi connectivity index (χ2n) is 12.8. The van der Waals surface area contributed by atoms with Crippen LogP contribution in [0.1, 0.15) is 0 Å². The van der Waals surface area contributed by atoms with Crippen molar-refractivity contribution in [3.05, 3.63) is 182 Å². The van der Waals surface area contributed by atoms with Crippen LogP contribution in [0.3, 0.4) is 0 Å². The van der Waals surface area contributed by atoms with Crippen LogP contribution in [-0.4, -0.2) is 0 Å². The highest BCUT2D eigenvalue weighted by molar-refractivity contribution is 6.27. The van der Waals surface area contributed by atoms with Crippen LogP contribution in [0.5, 0.6) is 0 Å². The average Bonchev–Trinajstić information content (AvgIpc) is 3.16. The van der Waals surface area contributed by atoms with Gasteiger partial charge < -0.3 is 0 Å². The van der Waals surface area contributed by atoms with Crippen LogP contribution in [-0.2, 0) is 0 Å². The fraction of sp³-hybridized carbons (Fsp3) is 0. The Labute approximate surface area is 279 Å². The monoisotopic (exact) mass is 606 g/mol. The number of benzene rings is 10. The summed E-state index contributed by atoms with van der Waals surface area (Å²) in [5.41, 5.74) is 7.61. The molecular formula is C48H30. The SMILES string of the molecule is c1ccc(-c2cc3ccccc3c3ccccc23)c(-c2c3ccccc3c(-c3cc4ccccc4c4ccccc34)c3ccccc23)c1. The van der Waals surface area contributed by atoms with Gasteiger partial charge in [-0.05, 0) is 110 Å². The van der Waals surface area contributed by atoms with Gasteiger partial charge in [-0.1, -0.05) is 170 Å². The van der Waals surface area contributed by atoms with Crippen LogP contribution in [0.25, 0.3) is 98.0 Å². The molecule has 48 heavy (non-hydrogen) atoms. The van der Waals surface area contributed by atoms with Gasteiger partial charge in [0.05, 0.1) is 0 Å². The number of hydrogen-bond donors (Lipinski definition) is 0. The third kappa shape index (κ3) is 3.96. The average molecular weight is 607 g/mol. The second-order valence-corrected chi connectivity index (χ2v) is 12.8. The lowest BCUT2D eigenvalue weighted by Gasteiger charge is -2.21. The summed E-state index contributed by atoms with van der Waals surface area (Å²) in [5, 5.41) is 15.3. The molecule has 0 fully saturated rings. The second kappa shape index (κ2) is 10.7. The lowest BCUT2D eigenvalue weighted by atomic mass is 9.82. The first-order valence-corrected chi connectivity index (χ1v) is 16.7. The number of rotatable bonds is 3. The predicted octanol–water partition coefficient (Wildman–Crippen LogP) is 13.6. The molecule has 0 spiro atoms. The Kier molecular flexibility index (Phi) is 5.98. The first-order chi connectivity index (χ1) is 23.8. The van der Waals surface area contributed by atoms with Gasteiger partial charge in [0, 0.05) is 0 Å². The first kappa shape index (κ1) is 26.9. The Morgan fingerprint density at radius 3 is 1.00 bits per heavy atom. The van der Waals surface area contributed by atoms with Crippen molar-refractivity contribution in [1.82, 2.24) is 0 Å². The van der Waals surface area contributed by atoms with E-state index >= 15 is 0 Å². The predicted molar refractivity (Wildman–Crippen MR) is 208 cm³/mol. The molecule has 10 rings (SSSR count). The van der Waals surface area contributed by atoms with E-state index in [1.807, 2.05) is 0 Å². The molecular weight excluding hydrogens is 577 g/mol. The molecule has 10 aromatic rings. The molecule has 0 saturated carbocycles. The van der Waals surface area contributed by atoms with E-state index in [-0.39, 0.29) is 0 Å². The topological polar surface area (TPSA) is 0 Å². The van der Waals surface area contributed by atoms with Gasteiger partial charge in [-0.25, -0.2) is 0 Å². The van der Waals surface area contributed by atoms with Crippen molar-refractivity contribution in [1.29, 1.82) is 0 Å². The largest absolute Gasteiger partial charge is 0.0616 e. The molecule has 0 amide bonds. The maximum absolute atomic E-state index is 2.40.